The molecule has 142 valence electrons. The van der Waals surface area contributed by atoms with Crippen LogP contribution in [-0.4, -0.2) is 28.1 Å². The Morgan fingerprint density at radius 3 is 2.24 bits per heavy atom. The molecule has 0 saturated heterocycles. The Morgan fingerprint density at radius 2 is 1.76 bits per heavy atom. The van der Waals surface area contributed by atoms with Crippen molar-refractivity contribution in [2.24, 2.45) is 5.92 Å². The third kappa shape index (κ3) is 6.96. The molecule has 0 aliphatic heterocycles. The van der Waals surface area contributed by atoms with Gasteiger partial charge in [-0.3, -0.25) is 0 Å². The van der Waals surface area contributed by atoms with Crippen LogP contribution in [0.5, 0.6) is 5.75 Å². The summed E-state index contributed by atoms with van der Waals surface area (Å²) in [5, 5.41) is 0.233. The molecule has 4 heteroatoms. The number of ether oxygens (including phenoxy) is 2. The molecule has 25 heavy (non-hydrogen) atoms. The molecule has 0 bridgehead atoms. The van der Waals surface area contributed by atoms with Crippen molar-refractivity contribution in [1.29, 1.82) is 0 Å². The molecule has 0 N–H and O–H groups in total. The van der Waals surface area contributed by atoms with Gasteiger partial charge in [-0.1, -0.05) is 45.9 Å². The molecule has 2 atom stereocenters. The first-order valence-corrected chi connectivity index (χ1v) is 12.0. The Balaban J connectivity index is 2.58. The van der Waals surface area contributed by atoms with Gasteiger partial charge in [0.15, 0.2) is 8.32 Å². The topological polar surface area (TPSA) is 27.7 Å². The lowest BCUT2D eigenvalue weighted by molar-refractivity contribution is 0.00384. The van der Waals surface area contributed by atoms with E-state index in [-0.39, 0.29) is 11.1 Å². The fourth-order valence-electron chi connectivity index (χ4n) is 2.22. The van der Waals surface area contributed by atoms with Gasteiger partial charge in [-0.15, -0.1) is 6.58 Å². The zero-order valence-electron chi connectivity index (χ0n) is 17.1. The summed E-state index contributed by atoms with van der Waals surface area (Å²) < 4.78 is 17.7. The fourth-order valence-corrected chi connectivity index (χ4v) is 3.28. The van der Waals surface area contributed by atoms with Gasteiger partial charge < -0.3 is 13.9 Å². The average molecular weight is 365 g/mol. The highest BCUT2D eigenvalue weighted by Crippen LogP contribution is 2.36. The van der Waals surface area contributed by atoms with Gasteiger partial charge in [-0.2, -0.15) is 0 Å². The van der Waals surface area contributed by atoms with E-state index in [4.69, 9.17) is 13.9 Å². The lowest BCUT2D eigenvalue weighted by atomic mass is 10.0. The summed E-state index contributed by atoms with van der Waals surface area (Å²) in [6, 6.07) is 8.01. The Hall–Kier alpha value is -1.10. The molecular formula is C21H36O3Si. The molecule has 0 amide bonds. The molecule has 0 radical (unpaired) electrons. The second-order valence-corrected chi connectivity index (χ2v) is 13.0. The largest absolute Gasteiger partial charge is 0.497 e. The van der Waals surface area contributed by atoms with Gasteiger partial charge in [0.05, 0.1) is 19.8 Å². The van der Waals surface area contributed by atoms with Gasteiger partial charge >= 0.3 is 0 Å². The second kappa shape index (κ2) is 9.55. The van der Waals surface area contributed by atoms with Gasteiger partial charge in [0.25, 0.3) is 0 Å². The van der Waals surface area contributed by atoms with E-state index in [0.29, 0.717) is 12.5 Å². The van der Waals surface area contributed by atoms with Gasteiger partial charge in [0.1, 0.15) is 5.75 Å². The van der Waals surface area contributed by atoms with E-state index in [2.05, 4.69) is 47.4 Å². The molecule has 0 unspecified atom stereocenters. The van der Waals surface area contributed by atoms with Gasteiger partial charge in [0, 0.05) is 12.5 Å². The van der Waals surface area contributed by atoms with E-state index in [1.54, 1.807) is 7.11 Å². The van der Waals surface area contributed by atoms with Crippen molar-refractivity contribution in [3.63, 3.8) is 0 Å². The molecule has 0 saturated carbocycles. The molecule has 0 spiro atoms. The van der Waals surface area contributed by atoms with Crippen molar-refractivity contribution < 1.29 is 13.9 Å². The average Bonchev–Trinajstić information content (AvgIpc) is 2.56. The summed E-state index contributed by atoms with van der Waals surface area (Å²) in [5.74, 6) is 1.16. The highest BCUT2D eigenvalue weighted by Gasteiger charge is 2.37. The first-order valence-electron chi connectivity index (χ1n) is 9.11. The zero-order valence-corrected chi connectivity index (χ0v) is 18.1. The van der Waals surface area contributed by atoms with E-state index in [9.17, 15) is 0 Å². The van der Waals surface area contributed by atoms with E-state index < -0.39 is 8.32 Å². The molecule has 1 aromatic carbocycles. The third-order valence-corrected chi connectivity index (χ3v) is 9.79. The summed E-state index contributed by atoms with van der Waals surface area (Å²) in [6.07, 6.45) is 2.96. The van der Waals surface area contributed by atoms with Crippen LogP contribution >= 0.6 is 0 Å². The lowest BCUT2D eigenvalue weighted by Crippen LogP contribution is -2.41. The third-order valence-electron chi connectivity index (χ3n) is 5.25. The predicted molar refractivity (Wildman–Crippen MR) is 109 cm³/mol. The summed E-state index contributed by atoms with van der Waals surface area (Å²) in [7, 11) is -0.0331. The molecule has 3 nitrogen and oxygen atoms in total. The number of hydrogen-bond donors (Lipinski definition) is 0. The van der Waals surface area contributed by atoms with E-state index in [1.165, 1.54) is 0 Å². The summed E-state index contributed by atoms with van der Waals surface area (Å²) >= 11 is 0. The van der Waals surface area contributed by atoms with Crippen molar-refractivity contribution in [2.45, 2.75) is 65.0 Å². The lowest BCUT2D eigenvalue weighted by Gasteiger charge is -2.36. The van der Waals surface area contributed by atoms with Crippen LogP contribution in [0.25, 0.3) is 0 Å². The Labute approximate surface area is 155 Å². The van der Waals surface area contributed by atoms with Crippen LogP contribution < -0.4 is 4.74 Å². The highest BCUT2D eigenvalue weighted by atomic mass is 28.4. The van der Waals surface area contributed by atoms with Crippen molar-refractivity contribution in [3.8, 4) is 5.75 Å². The molecule has 0 aliphatic rings. The predicted octanol–water partition coefficient (Wildman–Crippen LogP) is 5.81. The molecule has 0 aromatic heterocycles. The highest BCUT2D eigenvalue weighted by molar-refractivity contribution is 6.74. The van der Waals surface area contributed by atoms with Gasteiger partial charge in [0.2, 0.25) is 0 Å². The van der Waals surface area contributed by atoms with Crippen LogP contribution in [0.15, 0.2) is 36.9 Å². The standard InChI is InChI=1S/C21H36O3Si/c1-9-17(2)20(14-15-24-25(7,8)21(3,4)5)23-16-18-10-12-19(22-6)13-11-18/h9-13,17,20H,1,14-16H2,2-8H3/t17-,20+/m1/s1. The van der Waals surface area contributed by atoms with Crippen molar-refractivity contribution >= 4 is 8.32 Å². The Bertz CT molecular complexity index is 517. The van der Waals surface area contributed by atoms with Crippen LogP contribution in [-0.2, 0) is 15.8 Å². The zero-order chi connectivity index (χ0) is 19.1. The molecule has 1 rings (SSSR count). The number of hydrogen-bond acceptors (Lipinski definition) is 3. The first kappa shape index (κ1) is 21.9. The number of methoxy groups -OCH3 is 1. The van der Waals surface area contributed by atoms with Crippen molar-refractivity contribution in [1.82, 2.24) is 0 Å². The fraction of sp³-hybridized carbons (Fsp3) is 0.619. The maximum Gasteiger partial charge on any atom is 0.191 e. The van der Waals surface area contributed by atoms with Crippen LogP contribution in [0.3, 0.4) is 0 Å². The molecule has 0 fully saturated rings. The molecule has 0 heterocycles. The number of benzene rings is 1. The maximum absolute atomic E-state index is 6.31. The smallest absolute Gasteiger partial charge is 0.191 e. The van der Waals surface area contributed by atoms with Crippen LogP contribution in [0.2, 0.25) is 18.1 Å². The minimum absolute atomic E-state index is 0.115. The summed E-state index contributed by atoms with van der Waals surface area (Å²) in [6.45, 7) is 18.8. The first-order chi connectivity index (χ1) is 11.6. The second-order valence-electron chi connectivity index (χ2n) is 8.19. The van der Waals surface area contributed by atoms with Crippen LogP contribution in [0.4, 0.5) is 0 Å². The van der Waals surface area contributed by atoms with Gasteiger partial charge in [-0.05, 0) is 42.2 Å². The SMILES string of the molecule is C=C[C@@H](C)[C@H](CCO[Si](C)(C)C(C)(C)C)OCc1ccc(OC)cc1. The quantitative estimate of drug-likeness (QED) is 0.387. The molecule has 1 aromatic rings. The van der Waals surface area contributed by atoms with Crippen LogP contribution in [0.1, 0.15) is 39.7 Å². The number of rotatable bonds is 10. The van der Waals surface area contributed by atoms with Gasteiger partial charge in [-0.25, -0.2) is 0 Å². The summed E-state index contributed by atoms with van der Waals surface area (Å²) in [5.41, 5.74) is 1.15. The Morgan fingerprint density at radius 1 is 1.16 bits per heavy atom. The van der Waals surface area contributed by atoms with E-state index in [0.717, 1.165) is 24.3 Å². The van der Waals surface area contributed by atoms with Crippen LogP contribution in [0, 0.1) is 5.92 Å². The van der Waals surface area contributed by atoms with E-state index in [1.807, 2.05) is 30.3 Å². The minimum atomic E-state index is -1.71. The monoisotopic (exact) mass is 364 g/mol. The summed E-state index contributed by atoms with van der Waals surface area (Å²) in [4.78, 5) is 0. The Kier molecular flexibility index (Phi) is 8.38. The minimum Gasteiger partial charge on any atom is -0.497 e. The van der Waals surface area contributed by atoms with Crippen molar-refractivity contribution in [2.75, 3.05) is 13.7 Å². The molecule has 0 aliphatic carbocycles. The normalized spacial score (nSPS) is 14.8. The van der Waals surface area contributed by atoms with Crippen molar-refractivity contribution in [3.05, 3.63) is 42.5 Å². The van der Waals surface area contributed by atoms with E-state index >= 15 is 0 Å². The molecular weight excluding hydrogens is 328 g/mol. The maximum atomic E-state index is 6.31.